The van der Waals surface area contributed by atoms with Crippen molar-refractivity contribution in [3.8, 4) is 5.75 Å². The molecule has 6 nitrogen and oxygen atoms in total. The number of nitrogens with zero attached hydrogens (tertiary/aromatic N) is 1. The van der Waals surface area contributed by atoms with Gasteiger partial charge in [0.15, 0.2) is 0 Å². The Morgan fingerprint density at radius 2 is 2.24 bits per heavy atom. The van der Waals surface area contributed by atoms with Crippen molar-refractivity contribution < 1.29 is 28.8 Å². The van der Waals surface area contributed by atoms with Gasteiger partial charge in [0, 0.05) is 26.2 Å². The first kappa shape index (κ1) is 11.3. The van der Waals surface area contributed by atoms with Crippen molar-refractivity contribution in [1.29, 1.82) is 0 Å². The number of quaternary nitrogens is 1. The van der Waals surface area contributed by atoms with E-state index in [1.165, 1.54) is 18.3 Å². The summed E-state index contributed by atoms with van der Waals surface area (Å²) in [6.07, 6.45) is -1.19. The predicted octanol–water partition coefficient (Wildman–Crippen LogP) is 1.65. The lowest BCUT2D eigenvalue weighted by Crippen LogP contribution is -2.40. The molecule has 0 aliphatic heterocycles. The smallest absolute Gasteiger partial charge is 0.317 e. The molecule has 1 heterocycles. The van der Waals surface area contributed by atoms with Crippen molar-refractivity contribution in [2.75, 3.05) is 27.1 Å². The molecule has 0 bridgehead atoms. The maximum atomic E-state index is 11.1. The molecule has 1 unspecified atom stereocenters. The Labute approximate surface area is 129 Å². The third-order valence-corrected chi connectivity index (χ3v) is 3.59. The molecule has 0 aliphatic rings. The minimum atomic E-state index is -5.10. The van der Waals surface area contributed by atoms with Crippen molar-refractivity contribution in [1.82, 2.24) is 4.98 Å². The van der Waals surface area contributed by atoms with Crippen LogP contribution in [0.1, 0.15) is 18.0 Å². The third kappa shape index (κ3) is 4.08. The number of fused-ring (bicyclic) bond motifs is 1. The van der Waals surface area contributed by atoms with Crippen LogP contribution in [0.4, 0.5) is 0 Å². The summed E-state index contributed by atoms with van der Waals surface area (Å²) in [4.78, 5) is 22.9. The summed E-state index contributed by atoms with van der Waals surface area (Å²) < 4.78 is 49.1. The first-order valence-corrected chi connectivity index (χ1v) is 7.91. The molecular weight excluding hydrogens is 291 g/mol. The summed E-state index contributed by atoms with van der Waals surface area (Å²) in [6.45, 7) is -0.244. The van der Waals surface area contributed by atoms with E-state index in [0.29, 0.717) is 12.1 Å². The second-order valence-corrected chi connectivity index (χ2v) is 6.30. The largest absolute Gasteiger partial charge is 0.746 e. The second kappa shape index (κ2) is 5.81. The first-order chi connectivity index (χ1) is 11.2. The van der Waals surface area contributed by atoms with E-state index in [0.717, 1.165) is 0 Å². The molecule has 2 aromatic rings. The molecule has 116 valence electrons. The number of likely N-dealkylation sites (N-methyl/N-ethyl adjacent to an activating group) is 1. The maximum absolute atomic E-state index is 11.1. The fourth-order valence-electron chi connectivity index (χ4n) is 1.74. The Balaban J connectivity index is 2.71. The van der Waals surface area contributed by atoms with Crippen LogP contribution in [0.25, 0.3) is 10.9 Å². The number of aryl methyl sites for hydroxylation is 1. The Kier molecular flexibility index (Phi) is 3.12. The van der Waals surface area contributed by atoms with Crippen LogP contribution < -0.4 is 9.42 Å². The number of hydrogen-bond acceptors (Lipinski definition) is 3. The van der Waals surface area contributed by atoms with E-state index in [2.05, 4.69) is 9.51 Å². The Hall–Kier alpha value is -1.33. The van der Waals surface area contributed by atoms with Crippen molar-refractivity contribution >= 4 is 18.7 Å². The normalized spacial score (nSPS) is 19.3. The predicted molar refractivity (Wildman–Crippen MR) is 80.0 cm³/mol. The Bertz CT molecular complexity index is 831. The minimum Gasteiger partial charge on any atom is -0.746 e. The fourth-order valence-corrected chi connectivity index (χ4v) is 2.14. The second-order valence-electron chi connectivity index (χ2n) is 5.18. The molecule has 21 heavy (non-hydrogen) atoms. The summed E-state index contributed by atoms with van der Waals surface area (Å²) in [5.41, 5.74) is 0.277. The molecule has 7 heteroatoms. The molecule has 0 amide bonds. The standard InChI is InChI=1S/C14H21N2O4P/c1-4-16(2,3)9-8-11-10-15-12-6-5-7-13(14(11)12)20-21(17,18)19/h5-7,10,15H,4,8-9H2,1-3H3,(H-,17,18,19)/i8D2,9D2. The summed E-state index contributed by atoms with van der Waals surface area (Å²) in [5.74, 6) is -0.268. The van der Waals surface area contributed by atoms with E-state index in [9.17, 15) is 9.46 Å². The van der Waals surface area contributed by atoms with Crippen molar-refractivity contribution in [2.24, 2.45) is 0 Å². The van der Waals surface area contributed by atoms with Crippen molar-refractivity contribution in [2.45, 2.75) is 13.3 Å². The van der Waals surface area contributed by atoms with Crippen LogP contribution in [-0.2, 0) is 10.9 Å². The number of hydrogen-bond donors (Lipinski definition) is 2. The molecule has 0 saturated heterocycles. The third-order valence-electron chi connectivity index (χ3n) is 3.17. The van der Waals surface area contributed by atoms with Crippen LogP contribution in [0.2, 0.25) is 0 Å². The van der Waals surface area contributed by atoms with Crippen LogP contribution >= 0.6 is 7.82 Å². The summed E-state index contributed by atoms with van der Waals surface area (Å²) in [7, 11) is -1.96. The number of benzene rings is 1. The number of aromatic nitrogens is 1. The number of rotatable bonds is 6. The van der Waals surface area contributed by atoms with E-state index >= 15 is 0 Å². The van der Waals surface area contributed by atoms with Crippen molar-refractivity contribution in [3.05, 3.63) is 30.0 Å². The van der Waals surface area contributed by atoms with Gasteiger partial charge in [-0.3, -0.25) is 4.57 Å². The van der Waals surface area contributed by atoms with Crippen LogP contribution in [0.5, 0.6) is 5.75 Å². The molecule has 2 rings (SSSR count). The average molecular weight is 316 g/mol. The quantitative estimate of drug-likeness (QED) is 0.627. The minimum absolute atomic E-state index is 0.0672. The highest BCUT2D eigenvalue weighted by molar-refractivity contribution is 7.45. The SMILES string of the molecule is [2H]C([2H])(c1c[nH]c2cccc(OP(=O)([O-])O)c12)C([2H])([2H])[N+](C)(C)CC. The molecule has 0 fully saturated rings. The molecule has 1 aromatic heterocycles. The number of nitrogens with one attached hydrogen (secondary N) is 1. The lowest BCUT2D eigenvalue weighted by atomic mass is 10.1. The van der Waals surface area contributed by atoms with E-state index in [1.54, 1.807) is 27.1 Å². The molecule has 2 N–H and O–H groups in total. The highest BCUT2D eigenvalue weighted by atomic mass is 31.2. The number of phosphoric acid groups is 1. The van der Waals surface area contributed by atoms with Gasteiger partial charge in [0.1, 0.15) is 5.75 Å². The fraction of sp³-hybridized carbons (Fsp3) is 0.429. The van der Waals surface area contributed by atoms with Gasteiger partial charge in [0.05, 0.1) is 29.9 Å². The van der Waals surface area contributed by atoms with Gasteiger partial charge in [0.25, 0.3) is 0 Å². The summed E-state index contributed by atoms with van der Waals surface area (Å²) in [6, 6.07) is 4.32. The van der Waals surface area contributed by atoms with E-state index in [1.807, 2.05) is 0 Å². The van der Waals surface area contributed by atoms with Gasteiger partial charge in [-0.1, -0.05) is 6.07 Å². The van der Waals surface area contributed by atoms with E-state index in [4.69, 9.17) is 10.4 Å². The van der Waals surface area contributed by atoms with Gasteiger partial charge in [-0.05, 0) is 24.6 Å². The highest BCUT2D eigenvalue weighted by Crippen LogP contribution is 2.38. The molecule has 0 spiro atoms. The molecule has 0 radical (unpaired) electrons. The molecule has 0 saturated carbocycles. The van der Waals surface area contributed by atoms with Crippen LogP contribution in [0, 0.1) is 0 Å². The lowest BCUT2D eigenvalue weighted by Gasteiger charge is -2.28. The van der Waals surface area contributed by atoms with Gasteiger partial charge < -0.3 is 23.8 Å². The Morgan fingerprint density at radius 3 is 2.86 bits per heavy atom. The summed E-state index contributed by atoms with van der Waals surface area (Å²) in [5, 5.41) is 0.0672. The number of aromatic amines is 1. The molecule has 1 atom stereocenters. The zero-order valence-corrected chi connectivity index (χ0v) is 13.0. The van der Waals surface area contributed by atoms with Crippen molar-refractivity contribution in [3.63, 3.8) is 0 Å². The topological polar surface area (TPSA) is 85.4 Å². The van der Waals surface area contributed by atoms with Crippen LogP contribution in [0.15, 0.2) is 24.4 Å². The van der Waals surface area contributed by atoms with Gasteiger partial charge in [-0.25, -0.2) is 0 Å². The van der Waals surface area contributed by atoms with Crippen LogP contribution in [-0.4, -0.2) is 41.5 Å². The molecular formula is C14H21N2O4P. The van der Waals surface area contributed by atoms with Gasteiger partial charge >= 0.3 is 7.82 Å². The van der Waals surface area contributed by atoms with Gasteiger partial charge in [-0.2, -0.15) is 0 Å². The first-order valence-electron chi connectivity index (χ1n) is 8.41. The van der Waals surface area contributed by atoms with E-state index in [-0.39, 0.29) is 21.2 Å². The van der Waals surface area contributed by atoms with Gasteiger partial charge in [0.2, 0.25) is 0 Å². The van der Waals surface area contributed by atoms with Gasteiger partial charge in [-0.15, -0.1) is 0 Å². The zero-order valence-electron chi connectivity index (χ0n) is 16.1. The van der Waals surface area contributed by atoms with Crippen LogP contribution in [0.3, 0.4) is 0 Å². The number of phosphoric ester groups is 1. The molecule has 1 aromatic carbocycles. The average Bonchev–Trinajstić information content (AvgIpc) is 2.91. The Morgan fingerprint density at radius 1 is 1.52 bits per heavy atom. The zero-order chi connectivity index (χ0) is 19.3. The molecule has 0 aliphatic carbocycles. The summed E-state index contributed by atoms with van der Waals surface area (Å²) >= 11 is 0. The highest BCUT2D eigenvalue weighted by Gasteiger charge is 2.17. The number of H-pyrrole nitrogens is 1. The van der Waals surface area contributed by atoms with E-state index < -0.39 is 20.7 Å². The lowest BCUT2D eigenvalue weighted by molar-refractivity contribution is -0.888. The maximum Gasteiger partial charge on any atom is 0.317 e. The monoisotopic (exact) mass is 316 g/mol.